The molecule has 0 saturated carbocycles. The Morgan fingerprint density at radius 3 is 2.70 bits per heavy atom. The lowest BCUT2D eigenvalue weighted by molar-refractivity contribution is 0.0863. The zero-order chi connectivity index (χ0) is 13.7. The normalized spacial score (nSPS) is 26.2. The molecule has 4 heteroatoms. The topological polar surface area (TPSA) is 48.1 Å². The molecule has 0 aliphatic carbocycles. The number of hydrogen-bond acceptors (Lipinski definition) is 4. The first-order valence-corrected chi connectivity index (χ1v) is 6.38. The van der Waals surface area contributed by atoms with Gasteiger partial charge in [-0.1, -0.05) is 30.3 Å². The Hall–Kier alpha value is -2.33. The van der Waals surface area contributed by atoms with Crippen LogP contribution >= 0.6 is 0 Å². The number of hydrogen-bond donors (Lipinski definition) is 0. The second-order valence-corrected chi connectivity index (χ2v) is 4.86. The van der Waals surface area contributed by atoms with E-state index >= 15 is 0 Å². The van der Waals surface area contributed by atoms with E-state index in [1.165, 1.54) is 0 Å². The van der Waals surface area contributed by atoms with Crippen LogP contribution in [0.2, 0.25) is 0 Å². The number of Topliss-reactive ketones (excluding diaryl/α,β-unsaturated/α-hetero) is 1. The molecule has 2 aliphatic rings. The van der Waals surface area contributed by atoms with Crippen molar-refractivity contribution in [2.75, 3.05) is 7.11 Å². The Morgan fingerprint density at radius 2 is 1.95 bits per heavy atom. The highest BCUT2D eigenvalue weighted by molar-refractivity contribution is 6.08. The van der Waals surface area contributed by atoms with Crippen molar-refractivity contribution in [3.63, 3.8) is 0 Å². The van der Waals surface area contributed by atoms with E-state index in [1.54, 1.807) is 25.3 Å². The van der Waals surface area contributed by atoms with Crippen molar-refractivity contribution >= 4 is 5.78 Å². The van der Waals surface area contributed by atoms with Crippen molar-refractivity contribution in [1.82, 2.24) is 0 Å². The third-order valence-corrected chi connectivity index (χ3v) is 3.78. The Balaban J connectivity index is 1.81. The first-order valence-electron chi connectivity index (χ1n) is 6.38. The summed E-state index contributed by atoms with van der Waals surface area (Å²) in [5, 5.41) is 0. The summed E-state index contributed by atoms with van der Waals surface area (Å²) in [5.74, 6) is 1.12. The summed E-state index contributed by atoms with van der Waals surface area (Å²) < 4.78 is 16.5. The molecule has 2 aliphatic heterocycles. The molecule has 1 saturated heterocycles. The predicted molar refractivity (Wildman–Crippen MR) is 70.9 cm³/mol. The van der Waals surface area contributed by atoms with Crippen LogP contribution in [-0.4, -0.2) is 19.2 Å². The van der Waals surface area contributed by atoms with Gasteiger partial charge in [-0.3, -0.25) is 4.79 Å². The monoisotopic (exact) mass is 268 g/mol. The van der Waals surface area contributed by atoms with E-state index in [1.807, 2.05) is 30.3 Å². The number of fused-ring (bicyclic) bond motifs is 2. The Kier molecular flexibility index (Phi) is 2.20. The predicted octanol–water partition coefficient (Wildman–Crippen LogP) is 2.52. The SMILES string of the molecule is COc1ccc2c(c1)O[C@H]1O[C@@]1(c1ccccc1)C2=O. The third kappa shape index (κ3) is 1.37. The van der Waals surface area contributed by atoms with Crippen LogP contribution < -0.4 is 9.47 Å². The van der Waals surface area contributed by atoms with Crippen LogP contribution in [0, 0.1) is 0 Å². The van der Waals surface area contributed by atoms with Gasteiger partial charge < -0.3 is 14.2 Å². The molecule has 2 aromatic carbocycles. The molecule has 4 rings (SSSR count). The highest BCUT2D eigenvalue weighted by atomic mass is 16.8. The van der Waals surface area contributed by atoms with Gasteiger partial charge in [0.1, 0.15) is 11.5 Å². The molecule has 2 heterocycles. The van der Waals surface area contributed by atoms with Crippen molar-refractivity contribution in [1.29, 1.82) is 0 Å². The first-order chi connectivity index (χ1) is 9.75. The molecule has 0 radical (unpaired) electrons. The summed E-state index contributed by atoms with van der Waals surface area (Å²) in [6.07, 6.45) is -0.544. The zero-order valence-corrected chi connectivity index (χ0v) is 10.8. The minimum Gasteiger partial charge on any atom is -0.497 e. The Bertz CT molecular complexity index is 695. The van der Waals surface area contributed by atoms with Crippen LogP contribution in [0.3, 0.4) is 0 Å². The van der Waals surface area contributed by atoms with Gasteiger partial charge in [0.05, 0.1) is 12.7 Å². The van der Waals surface area contributed by atoms with Gasteiger partial charge in [0.2, 0.25) is 17.7 Å². The van der Waals surface area contributed by atoms with Crippen LogP contribution in [0.4, 0.5) is 0 Å². The lowest BCUT2D eigenvalue weighted by atomic mass is 9.88. The zero-order valence-electron chi connectivity index (χ0n) is 10.8. The fourth-order valence-electron chi connectivity index (χ4n) is 2.65. The second kappa shape index (κ2) is 3.84. The summed E-state index contributed by atoms with van der Waals surface area (Å²) in [5.41, 5.74) is 0.392. The van der Waals surface area contributed by atoms with Gasteiger partial charge in [-0.25, -0.2) is 0 Å². The number of ketones is 1. The first kappa shape index (κ1) is 11.5. The minimum atomic E-state index is -0.969. The average Bonchev–Trinajstić information content (AvgIpc) is 3.23. The fourth-order valence-corrected chi connectivity index (χ4v) is 2.65. The molecular formula is C16H12O4. The molecule has 1 fully saturated rings. The number of carbonyl (C=O) groups is 1. The van der Waals surface area contributed by atoms with E-state index in [-0.39, 0.29) is 5.78 Å². The van der Waals surface area contributed by atoms with Crippen LogP contribution in [-0.2, 0) is 10.3 Å². The van der Waals surface area contributed by atoms with Crippen LogP contribution in [0.15, 0.2) is 48.5 Å². The van der Waals surface area contributed by atoms with Crippen molar-refractivity contribution in [2.45, 2.75) is 11.9 Å². The molecule has 0 amide bonds. The summed E-state index contributed by atoms with van der Waals surface area (Å²) in [6.45, 7) is 0. The number of epoxide rings is 1. The van der Waals surface area contributed by atoms with Crippen molar-refractivity contribution in [3.05, 3.63) is 59.7 Å². The van der Waals surface area contributed by atoms with E-state index in [0.717, 1.165) is 5.56 Å². The standard InChI is InChI=1S/C16H12O4/c1-18-11-7-8-12-13(9-11)19-15-16(20-15,14(12)17)10-5-3-2-4-6-10/h2-9,15H,1H3/t15-,16-/m0/s1. The molecule has 0 aromatic heterocycles. The van der Waals surface area contributed by atoms with E-state index in [4.69, 9.17) is 14.2 Å². The van der Waals surface area contributed by atoms with Gasteiger partial charge in [-0.05, 0) is 17.7 Å². The molecular weight excluding hydrogens is 256 g/mol. The smallest absolute Gasteiger partial charge is 0.242 e. The van der Waals surface area contributed by atoms with E-state index in [9.17, 15) is 4.79 Å². The second-order valence-electron chi connectivity index (χ2n) is 4.86. The maximum Gasteiger partial charge on any atom is 0.242 e. The molecule has 0 N–H and O–H groups in total. The third-order valence-electron chi connectivity index (χ3n) is 3.78. The molecule has 0 bridgehead atoms. The minimum absolute atomic E-state index is 0.0578. The summed E-state index contributed by atoms with van der Waals surface area (Å²) in [7, 11) is 1.58. The average molecular weight is 268 g/mol. The van der Waals surface area contributed by atoms with E-state index in [0.29, 0.717) is 17.1 Å². The summed E-state index contributed by atoms with van der Waals surface area (Å²) >= 11 is 0. The van der Waals surface area contributed by atoms with Gasteiger partial charge in [-0.2, -0.15) is 0 Å². The number of ether oxygens (including phenoxy) is 3. The Labute approximate surface area is 115 Å². The molecule has 20 heavy (non-hydrogen) atoms. The van der Waals surface area contributed by atoms with Gasteiger partial charge in [0, 0.05) is 6.07 Å². The maximum atomic E-state index is 12.7. The molecule has 2 aromatic rings. The number of benzene rings is 2. The maximum absolute atomic E-state index is 12.7. The fraction of sp³-hybridized carbons (Fsp3) is 0.188. The van der Waals surface area contributed by atoms with Crippen molar-refractivity contribution in [2.24, 2.45) is 0 Å². The molecule has 0 spiro atoms. The van der Waals surface area contributed by atoms with E-state index < -0.39 is 11.9 Å². The highest BCUT2D eigenvalue weighted by Crippen LogP contribution is 2.54. The van der Waals surface area contributed by atoms with Crippen molar-refractivity contribution in [3.8, 4) is 11.5 Å². The number of rotatable bonds is 2. The van der Waals surface area contributed by atoms with Crippen LogP contribution in [0.25, 0.3) is 0 Å². The highest BCUT2D eigenvalue weighted by Gasteiger charge is 2.68. The van der Waals surface area contributed by atoms with E-state index in [2.05, 4.69) is 0 Å². The van der Waals surface area contributed by atoms with Gasteiger partial charge >= 0.3 is 0 Å². The Morgan fingerprint density at radius 1 is 1.15 bits per heavy atom. The van der Waals surface area contributed by atoms with Gasteiger partial charge in [0.15, 0.2) is 0 Å². The van der Waals surface area contributed by atoms with Gasteiger partial charge in [-0.15, -0.1) is 0 Å². The molecule has 100 valence electrons. The number of methoxy groups -OCH3 is 1. The van der Waals surface area contributed by atoms with Crippen LogP contribution in [0.1, 0.15) is 15.9 Å². The molecule has 0 unspecified atom stereocenters. The van der Waals surface area contributed by atoms with Crippen LogP contribution in [0.5, 0.6) is 11.5 Å². The summed E-state index contributed by atoms with van der Waals surface area (Å²) in [4.78, 5) is 12.7. The number of carbonyl (C=O) groups excluding carboxylic acids is 1. The van der Waals surface area contributed by atoms with Gasteiger partial charge in [0.25, 0.3) is 0 Å². The quantitative estimate of drug-likeness (QED) is 0.785. The van der Waals surface area contributed by atoms with Crippen molar-refractivity contribution < 1.29 is 19.0 Å². The largest absolute Gasteiger partial charge is 0.497 e. The molecule has 4 nitrogen and oxygen atoms in total. The lowest BCUT2D eigenvalue weighted by Crippen LogP contribution is -2.31. The molecule has 2 atom stereocenters. The lowest BCUT2D eigenvalue weighted by Gasteiger charge is -2.20. The summed E-state index contributed by atoms with van der Waals surface area (Å²) in [6, 6.07) is 14.6.